The minimum absolute atomic E-state index is 0.0353. The third-order valence-electron chi connectivity index (χ3n) is 6.12. The number of nitrogens with one attached hydrogen (secondary N) is 3. The fourth-order valence-electron chi connectivity index (χ4n) is 4.35. The number of rotatable bonds is 6. The van der Waals surface area contributed by atoms with Gasteiger partial charge in [0, 0.05) is 27.5 Å². The van der Waals surface area contributed by atoms with E-state index >= 15 is 0 Å². The van der Waals surface area contributed by atoms with Crippen molar-refractivity contribution in [3.63, 3.8) is 0 Å². The molecular weight excluding hydrogens is 494 g/mol. The zero-order valence-corrected chi connectivity index (χ0v) is 20.5. The first-order valence-electron chi connectivity index (χ1n) is 11.2. The summed E-state index contributed by atoms with van der Waals surface area (Å²) in [4.78, 5) is 30.5. The highest BCUT2D eigenvalue weighted by Gasteiger charge is 2.17. The number of hydrogen-bond acceptors (Lipinski definition) is 3. The molecular formula is C27H24BrN3O3. The van der Waals surface area contributed by atoms with Crippen molar-refractivity contribution in [1.82, 2.24) is 15.3 Å². The number of carbonyl (C=O) groups excluding carboxylic acids is 1. The van der Waals surface area contributed by atoms with E-state index in [0.29, 0.717) is 23.9 Å². The Balaban J connectivity index is 1.36. The molecule has 1 atom stereocenters. The summed E-state index contributed by atoms with van der Waals surface area (Å²) in [5.41, 5.74) is 7.51. The molecule has 0 bridgehead atoms. The lowest BCUT2D eigenvalue weighted by atomic mass is 10.00. The smallest absolute Gasteiger partial charge is 0.408 e. The van der Waals surface area contributed by atoms with Crippen LogP contribution in [-0.4, -0.2) is 15.9 Å². The molecule has 1 amide bonds. The molecule has 2 aromatic heterocycles. The van der Waals surface area contributed by atoms with Gasteiger partial charge in [-0.05, 0) is 73.4 Å². The number of aromatic amines is 2. The Kier molecular flexibility index (Phi) is 5.87. The molecule has 5 aromatic rings. The number of benzene rings is 3. The number of hydrogen-bond donors (Lipinski definition) is 3. The Morgan fingerprint density at radius 2 is 1.79 bits per heavy atom. The topological polar surface area (TPSA) is 90.9 Å². The molecule has 5 rings (SSSR count). The highest BCUT2D eigenvalue weighted by atomic mass is 79.9. The van der Waals surface area contributed by atoms with E-state index in [1.165, 1.54) is 5.56 Å². The first-order valence-corrected chi connectivity index (χ1v) is 12.0. The van der Waals surface area contributed by atoms with Crippen LogP contribution in [-0.2, 0) is 11.2 Å². The van der Waals surface area contributed by atoms with Gasteiger partial charge < -0.3 is 14.7 Å². The summed E-state index contributed by atoms with van der Waals surface area (Å²) in [5, 5.41) is 4.22. The minimum Gasteiger partial charge on any atom is -0.408 e. The van der Waals surface area contributed by atoms with Gasteiger partial charge in [-0.3, -0.25) is 9.78 Å². The van der Waals surface area contributed by atoms with Gasteiger partial charge in [-0.1, -0.05) is 45.8 Å². The van der Waals surface area contributed by atoms with Crippen LogP contribution < -0.4 is 11.1 Å². The first-order chi connectivity index (χ1) is 16.4. The van der Waals surface area contributed by atoms with E-state index in [9.17, 15) is 9.59 Å². The summed E-state index contributed by atoms with van der Waals surface area (Å²) in [6.07, 6.45) is 0.968. The summed E-state index contributed by atoms with van der Waals surface area (Å²) >= 11 is 3.50. The molecule has 0 spiro atoms. The number of fused-ring (bicyclic) bond motifs is 2. The molecule has 0 fully saturated rings. The highest BCUT2D eigenvalue weighted by Crippen LogP contribution is 2.32. The molecule has 3 N–H and O–H groups in total. The summed E-state index contributed by atoms with van der Waals surface area (Å²) < 4.78 is 6.17. The average molecular weight is 518 g/mol. The van der Waals surface area contributed by atoms with Gasteiger partial charge in [-0.15, -0.1) is 0 Å². The van der Waals surface area contributed by atoms with E-state index in [2.05, 4.69) is 68.5 Å². The summed E-state index contributed by atoms with van der Waals surface area (Å²) in [7, 11) is 0. The molecule has 34 heavy (non-hydrogen) atoms. The molecule has 0 aliphatic heterocycles. The average Bonchev–Trinajstić information content (AvgIpc) is 3.36. The number of amides is 1. The predicted octanol–water partition coefficient (Wildman–Crippen LogP) is 6.15. The molecule has 6 nitrogen and oxygen atoms in total. The zero-order chi connectivity index (χ0) is 23.8. The van der Waals surface area contributed by atoms with Gasteiger partial charge in [-0.2, -0.15) is 0 Å². The molecule has 0 aliphatic rings. The predicted molar refractivity (Wildman–Crippen MR) is 138 cm³/mol. The highest BCUT2D eigenvalue weighted by molar-refractivity contribution is 9.10. The van der Waals surface area contributed by atoms with Crippen LogP contribution in [0.15, 0.2) is 74.3 Å². The Hall–Kier alpha value is -3.58. The van der Waals surface area contributed by atoms with Gasteiger partial charge >= 0.3 is 5.76 Å². The van der Waals surface area contributed by atoms with Crippen LogP contribution in [0.25, 0.3) is 33.3 Å². The molecule has 0 saturated heterocycles. The van der Waals surface area contributed by atoms with E-state index in [1.807, 2.05) is 25.1 Å². The maximum Gasteiger partial charge on any atom is 0.417 e. The lowest BCUT2D eigenvalue weighted by Crippen LogP contribution is -2.26. The fourth-order valence-corrected chi connectivity index (χ4v) is 4.62. The second-order valence-corrected chi connectivity index (χ2v) is 9.51. The standard InChI is InChI=1S/C27H24BrN3O3/c1-15-3-10-22-21(13-15)20(26(30-22)17-4-7-19(28)8-5-17)9-12-25(32)29-16(2)18-6-11-23-24(14-18)34-27(33)31-23/h3-8,10-11,13-14,16,30H,9,12H2,1-2H3,(H,29,32)(H,31,33). The zero-order valence-electron chi connectivity index (χ0n) is 18.9. The van der Waals surface area contributed by atoms with Crippen molar-refractivity contribution < 1.29 is 9.21 Å². The van der Waals surface area contributed by atoms with Gasteiger partial charge in [0.2, 0.25) is 5.91 Å². The van der Waals surface area contributed by atoms with Crippen molar-refractivity contribution in [2.75, 3.05) is 0 Å². The molecule has 3 aromatic carbocycles. The van der Waals surface area contributed by atoms with Gasteiger partial charge in [-0.25, -0.2) is 4.79 Å². The summed E-state index contributed by atoms with van der Waals surface area (Å²) in [6.45, 7) is 4.00. The molecule has 0 radical (unpaired) electrons. The van der Waals surface area contributed by atoms with Crippen molar-refractivity contribution >= 4 is 43.8 Å². The molecule has 172 valence electrons. The third kappa shape index (κ3) is 4.43. The number of aromatic nitrogens is 2. The molecule has 1 unspecified atom stereocenters. The number of aryl methyl sites for hydroxylation is 2. The largest absolute Gasteiger partial charge is 0.417 e. The van der Waals surface area contributed by atoms with Gasteiger partial charge in [0.25, 0.3) is 0 Å². The number of H-pyrrole nitrogens is 2. The second kappa shape index (κ2) is 8.99. The van der Waals surface area contributed by atoms with Crippen molar-refractivity contribution in [1.29, 1.82) is 0 Å². The van der Waals surface area contributed by atoms with Crippen LogP contribution in [0.2, 0.25) is 0 Å². The van der Waals surface area contributed by atoms with Crippen LogP contribution in [0.5, 0.6) is 0 Å². The quantitative estimate of drug-likeness (QED) is 0.252. The normalized spacial score (nSPS) is 12.3. The molecule has 0 aliphatic carbocycles. The molecule has 2 heterocycles. The summed E-state index contributed by atoms with van der Waals surface area (Å²) in [6, 6.07) is 19.8. The van der Waals surface area contributed by atoms with Crippen molar-refractivity contribution in [3.05, 3.63) is 92.4 Å². The second-order valence-electron chi connectivity index (χ2n) is 8.59. The van der Waals surface area contributed by atoms with Gasteiger partial charge in [0.05, 0.1) is 11.6 Å². The number of oxazole rings is 1. The number of carbonyl (C=O) groups is 1. The monoisotopic (exact) mass is 517 g/mol. The number of halogens is 1. The molecule has 0 saturated carbocycles. The van der Waals surface area contributed by atoms with Crippen molar-refractivity contribution in [3.8, 4) is 11.3 Å². The van der Waals surface area contributed by atoms with E-state index in [0.717, 1.165) is 37.8 Å². The van der Waals surface area contributed by atoms with E-state index < -0.39 is 5.76 Å². The maximum absolute atomic E-state index is 12.9. The van der Waals surface area contributed by atoms with Crippen molar-refractivity contribution in [2.24, 2.45) is 0 Å². The van der Waals surface area contributed by atoms with Gasteiger partial charge in [0.1, 0.15) is 0 Å². The van der Waals surface area contributed by atoms with E-state index in [4.69, 9.17) is 4.42 Å². The van der Waals surface area contributed by atoms with Crippen molar-refractivity contribution in [2.45, 2.75) is 32.7 Å². The van der Waals surface area contributed by atoms with E-state index in [-0.39, 0.29) is 11.9 Å². The van der Waals surface area contributed by atoms with Crippen LogP contribution in [0.4, 0.5) is 0 Å². The van der Waals surface area contributed by atoms with Gasteiger partial charge in [0.15, 0.2) is 5.58 Å². The fraction of sp³-hybridized carbons (Fsp3) is 0.185. The Bertz CT molecular complexity index is 1560. The van der Waals surface area contributed by atoms with Crippen LogP contribution in [0, 0.1) is 6.92 Å². The van der Waals surface area contributed by atoms with E-state index in [1.54, 1.807) is 12.1 Å². The first kappa shape index (κ1) is 22.2. The SMILES string of the molecule is Cc1ccc2[nH]c(-c3ccc(Br)cc3)c(CCC(=O)NC(C)c3ccc4[nH]c(=O)oc4c3)c2c1. The lowest BCUT2D eigenvalue weighted by Gasteiger charge is -2.14. The summed E-state index contributed by atoms with van der Waals surface area (Å²) in [5.74, 6) is -0.522. The minimum atomic E-state index is -0.487. The molecule has 7 heteroatoms. The Labute approximate surface area is 204 Å². The van der Waals surface area contributed by atoms with Crippen LogP contribution in [0.1, 0.15) is 36.1 Å². The Morgan fingerprint density at radius 3 is 2.59 bits per heavy atom. The lowest BCUT2D eigenvalue weighted by molar-refractivity contribution is -0.121. The van der Waals surface area contributed by atoms with Crippen LogP contribution >= 0.6 is 15.9 Å². The maximum atomic E-state index is 12.9. The van der Waals surface area contributed by atoms with Crippen LogP contribution in [0.3, 0.4) is 0 Å². The Morgan fingerprint density at radius 1 is 1.03 bits per heavy atom. The third-order valence-corrected chi connectivity index (χ3v) is 6.65.